The lowest BCUT2D eigenvalue weighted by atomic mass is 9.82. The molecule has 0 bridgehead atoms. The van der Waals surface area contributed by atoms with Crippen LogP contribution >= 0.6 is 0 Å². The first-order valence-electron chi connectivity index (χ1n) is 5.35. The molecule has 0 saturated carbocycles. The van der Waals surface area contributed by atoms with E-state index in [0.717, 1.165) is 11.8 Å². The van der Waals surface area contributed by atoms with Crippen LogP contribution in [0.4, 0.5) is 0 Å². The summed E-state index contributed by atoms with van der Waals surface area (Å²) < 4.78 is 0. The van der Waals surface area contributed by atoms with Gasteiger partial charge in [0.05, 0.1) is 0 Å². The van der Waals surface area contributed by atoms with Crippen molar-refractivity contribution in [3.8, 4) is 0 Å². The highest BCUT2D eigenvalue weighted by molar-refractivity contribution is 4.95. The van der Waals surface area contributed by atoms with Crippen LogP contribution in [0.3, 0.4) is 0 Å². The Labute approximate surface area is 77.9 Å². The van der Waals surface area contributed by atoms with Crippen LogP contribution in [0.5, 0.6) is 0 Å². The number of hydrogen-bond acceptors (Lipinski definition) is 1. The number of nitrogens with one attached hydrogen (secondary N) is 1. The van der Waals surface area contributed by atoms with Crippen LogP contribution in [-0.4, -0.2) is 12.1 Å². The Balaban J connectivity index is 0.000000561. The molecule has 0 aromatic heterocycles. The molecular formula is C11H25N. The van der Waals surface area contributed by atoms with Gasteiger partial charge in [0.2, 0.25) is 0 Å². The highest BCUT2D eigenvalue weighted by atomic mass is 15.0. The Morgan fingerprint density at radius 1 is 1.33 bits per heavy atom. The summed E-state index contributed by atoms with van der Waals surface area (Å²) in [5, 5.41) is 3.58. The smallest absolute Gasteiger partial charge is 0.0179 e. The van der Waals surface area contributed by atoms with Crippen LogP contribution in [0.15, 0.2) is 0 Å². The van der Waals surface area contributed by atoms with E-state index in [1.807, 2.05) is 13.8 Å². The van der Waals surface area contributed by atoms with Gasteiger partial charge in [-0.25, -0.2) is 0 Å². The summed E-state index contributed by atoms with van der Waals surface area (Å²) in [6.45, 7) is 14.5. The Morgan fingerprint density at radius 2 is 1.83 bits per heavy atom. The Hall–Kier alpha value is -0.0400. The van der Waals surface area contributed by atoms with Gasteiger partial charge in [-0.3, -0.25) is 0 Å². The van der Waals surface area contributed by atoms with E-state index in [-0.39, 0.29) is 0 Å². The van der Waals surface area contributed by atoms with Crippen LogP contribution in [0.25, 0.3) is 0 Å². The summed E-state index contributed by atoms with van der Waals surface area (Å²) in [5.74, 6) is 1.68. The van der Waals surface area contributed by atoms with Gasteiger partial charge < -0.3 is 5.32 Å². The molecule has 1 heteroatoms. The Bertz CT molecular complexity index is 122. The SMILES string of the molecule is CC.CCC1(C)NCC(C)C1C. The van der Waals surface area contributed by atoms with Crippen molar-refractivity contribution in [3.05, 3.63) is 0 Å². The van der Waals surface area contributed by atoms with Gasteiger partial charge in [-0.2, -0.15) is 0 Å². The fraction of sp³-hybridized carbons (Fsp3) is 1.00. The predicted molar refractivity (Wildman–Crippen MR) is 56.4 cm³/mol. The van der Waals surface area contributed by atoms with E-state index in [9.17, 15) is 0 Å². The van der Waals surface area contributed by atoms with E-state index in [0.29, 0.717) is 5.54 Å². The predicted octanol–water partition coefficient (Wildman–Crippen LogP) is 3.06. The van der Waals surface area contributed by atoms with E-state index in [4.69, 9.17) is 0 Å². The van der Waals surface area contributed by atoms with E-state index in [2.05, 4.69) is 33.0 Å². The lowest BCUT2D eigenvalue weighted by Crippen LogP contribution is -2.39. The zero-order valence-electron chi connectivity index (χ0n) is 9.57. The molecule has 1 fully saturated rings. The average molecular weight is 171 g/mol. The molecule has 1 aliphatic rings. The first kappa shape index (κ1) is 12.0. The molecule has 1 aliphatic heterocycles. The molecule has 1 N–H and O–H groups in total. The largest absolute Gasteiger partial charge is 0.311 e. The zero-order valence-corrected chi connectivity index (χ0v) is 9.57. The van der Waals surface area contributed by atoms with Gasteiger partial charge >= 0.3 is 0 Å². The third kappa shape index (κ3) is 2.22. The van der Waals surface area contributed by atoms with E-state index in [1.165, 1.54) is 13.0 Å². The summed E-state index contributed by atoms with van der Waals surface area (Å²) >= 11 is 0. The molecular weight excluding hydrogens is 146 g/mol. The lowest BCUT2D eigenvalue weighted by Gasteiger charge is -2.29. The summed E-state index contributed by atoms with van der Waals surface area (Å²) in [6, 6.07) is 0. The first-order chi connectivity index (χ1) is 5.60. The minimum Gasteiger partial charge on any atom is -0.311 e. The second-order valence-electron chi connectivity index (χ2n) is 3.92. The van der Waals surface area contributed by atoms with Gasteiger partial charge in [0, 0.05) is 5.54 Å². The van der Waals surface area contributed by atoms with Crippen molar-refractivity contribution in [2.45, 2.75) is 53.5 Å². The van der Waals surface area contributed by atoms with Gasteiger partial charge in [-0.1, -0.05) is 34.6 Å². The monoisotopic (exact) mass is 171 g/mol. The van der Waals surface area contributed by atoms with Crippen LogP contribution < -0.4 is 5.32 Å². The maximum absolute atomic E-state index is 3.58. The normalized spacial score (nSPS) is 40.5. The third-order valence-electron chi connectivity index (χ3n) is 3.42. The highest BCUT2D eigenvalue weighted by Crippen LogP contribution is 2.32. The van der Waals surface area contributed by atoms with Gasteiger partial charge in [0.25, 0.3) is 0 Å². The van der Waals surface area contributed by atoms with Gasteiger partial charge in [0.15, 0.2) is 0 Å². The highest BCUT2D eigenvalue weighted by Gasteiger charge is 2.37. The Kier molecular flexibility index (Phi) is 4.84. The fourth-order valence-electron chi connectivity index (χ4n) is 1.81. The van der Waals surface area contributed by atoms with Gasteiger partial charge in [0.1, 0.15) is 0 Å². The first-order valence-corrected chi connectivity index (χ1v) is 5.35. The molecule has 0 aromatic carbocycles. The molecule has 1 saturated heterocycles. The molecule has 0 aliphatic carbocycles. The topological polar surface area (TPSA) is 12.0 Å². The maximum Gasteiger partial charge on any atom is 0.0179 e. The van der Waals surface area contributed by atoms with Crippen molar-refractivity contribution < 1.29 is 0 Å². The third-order valence-corrected chi connectivity index (χ3v) is 3.42. The minimum atomic E-state index is 0.416. The van der Waals surface area contributed by atoms with Crippen molar-refractivity contribution >= 4 is 0 Å². The van der Waals surface area contributed by atoms with E-state index in [1.54, 1.807) is 0 Å². The van der Waals surface area contributed by atoms with Crippen molar-refractivity contribution in [2.24, 2.45) is 11.8 Å². The fourth-order valence-corrected chi connectivity index (χ4v) is 1.81. The molecule has 0 amide bonds. The van der Waals surface area contributed by atoms with Crippen LogP contribution in [0, 0.1) is 11.8 Å². The average Bonchev–Trinajstić information content (AvgIpc) is 2.38. The quantitative estimate of drug-likeness (QED) is 0.639. The van der Waals surface area contributed by atoms with Crippen molar-refractivity contribution in [3.63, 3.8) is 0 Å². The number of rotatable bonds is 1. The summed E-state index contributed by atoms with van der Waals surface area (Å²) in [6.07, 6.45) is 1.25. The molecule has 0 spiro atoms. The molecule has 1 heterocycles. The molecule has 3 atom stereocenters. The molecule has 1 rings (SSSR count). The van der Waals surface area contributed by atoms with E-state index < -0.39 is 0 Å². The van der Waals surface area contributed by atoms with Crippen molar-refractivity contribution in [1.82, 2.24) is 5.32 Å². The van der Waals surface area contributed by atoms with Crippen LogP contribution in [0.2, 0.25) is 0 Å². The Morgan fingerprint density at radius 3 is 2.00 bits per heavy atom. The standard InChI is InChI=1S/C9H19N.C2H6/c1-5-9(4)8(3)7(2)6-10-9;1-2/h7-8,10H,5-6H2,1-4H3;1-2H3. The van der Waals surface area contributed by atoms with Crippen molar-refractivity contribution in [2.75, 3.05) is 6.54 Å². The van der Waals surface area contributed by atoms with Gasteiger partial charge in [-0.05, 0) is 31.7 Å². The summed E-state index contributed by atoms with van der Waals surface area (Å²) in [7, 11) is 0. The van der Waals surface area contributed by atoms with E-state index >= 15 is 0 Å². The van der Waals surface area contributed by atoms with Crippen LogP contribution in [-0.2, 0) is 0 Å². The van der Waals surface area contributed by atoms with Crippen LogP contribution in [0.1, 0.15) is 48.0 Å². The second kappa shape index (κ2) is 4.86. The molecule has 3 unspecified atom stereocenters. The zero-order chi connectivity index (χ0) is 9.78. The lowest BCUT2D eigenvalue weighted by molar-refractivity contribution is 0.285. The molecule has 0 radical (unpaired) electrons. The second-order valence-corrected chi connectivity index (χ2v) is 3.92. The number of hydrogen-bond donors (Lipinski definition) is 1. The maximum atomic E-state index is 3.58. The summed E-state index contributed by atoms with van der Waals surface area (Å²) in [5.41, 5.74) is 0.416. The van der Waals surface area contributed by atoms with Gasteiger partial charge in [-0.15, -0.1) is 0 Å². The molecule has 1 nitrogen and oxygen atoms in total. The summed E-state index contributed by atoms with van der Waals surface area (Å²) in [4.78, 5) is 0. The molecule has 12 heavy (non-hydrogen) atoms. The van der Waals surface area contributed by atoms with Crippen molar-refractivity contribution in [1.29, 1.82) is 0 Å². The molecule has 74 valence electrons. The minimum absolute atomic E-state index is 0.416. The molecule has 0 aromatic rings.